The van der Waals surface area contributed by atoms with Gasteiger partial charge in [0.1, 0.15) is 5.01 Å². The van der Waals surface area contributed by atoms with Crippen LogP contribution in [0.3, 0.4) is 0 Å². The second-order valence-corrected chi connectivity index (χ2v) is 5.06. The molecule has 2 rings (SSSR count). The van der Waals surface area contributed by atoms with E-state index in [1.807, 2.05) is 0 Å². The van der Waals surface area contributed by atoms with E-state index < -0.39 is 0 Å². The van der Waals surface area contributed by atoms with Gasteiger partial charge in [-0.15, -0.1) is 10.2 Å². The Bertz CT molecular complexity index is 277. The first-order valence-corrected chi connectivity index (χ1v) is 6.27. The second kappa shape index (κ2) is 4.73. The van der Waals surface area contributed by atoms with E-state index in [4.69, 9.17) is 5.73 Å². The molecule has 4 heteroatoms. The molecule has 0 unspecified atom stereocenters. The zero-order chi connectivity index (χ0) is 9.80. The summed E-state index contributed by atoms with van der Waals surface area (Å²) in [6.45, 7) is 0. The Morgan fingerprint density at radius 1 is 1.00 bits per heavy atom. The van der Waals surface area contributed by atoms with E-state index >= 15 is 0 Å². The molecule has 0 saturated heterocycles. The largest absolute Gasteiger partial charge is 0.374 e. The van der Waals surface area contributed by atoms with Crippen molar-refractivity contribution in [1.29, 1.82) is 0 Å². The minimum atomic E-state index is 0.613. The Balaban J connectivity index is 2.00. The smallest absolute Gasteiger partial charge is 0.203 e. The van der Waals surface area contributed by atoms with Gasteiger partial charge in [0.25, 0.3) is 0 Å². The lowest BCUT2D eigenvalue weighted by Gasteiger charge is -2.16. The SMILES string of the molecule is Nc1nnc(C2CCCCCCC2)s1. The first-order chi connectivity index (χ1) is 6.86. The molecule has 14 heavy (non-hydrogen) atoms. The van der Waals surface area contributed by atoms with Crippen LogP contribution in [0.4, 0.5) is 5.13 Å². The third kappa shape index (κ3) is 2.44. The molecule has 2 N–H and O–H groups in total. The fraction of sp³-hybridized carbons (Fsp3) is 0.800. The fourth-order valence-electron chi connectivity index (χ4n) is 2.11. The number of nitrogens with two attached hydrogens (primary N) is 1. The molecule has 3 nitrogen and oxygen atoms in total. The lowest BCUT2D eigenvalue weighted by atomic mass is 9.92. The number of hydrogen-bond acceptors (Lipinski definition) is 4. The molecule has 0 amide bonds. The Morgan fingerprint density at radius 2 is 1.64 bits per heavy atom. The monoisotopic (exact) mass is 211 g/mol. The van der Waals surface area contributed by atoms with Crippen LogP contribution >= 0.6 is 11.3 Å². The summed E-state index contributed by atoms with van der Waals surface area (Å²) in [7, 11) is 0. The van der Waals surface area contributed by atoms with Crippen LogP contribution in [0.25, 0.3) is 0 Å². The lowest BCUT2D eigenvalue weighted by Crippen LogP contribution is -2.01. The van der Waals surface area contributed by atoms with E-state index in [1.165, 1.54) is 44.9 Å². The average molecular weight is 211 g/mol. The van der Waals surface area contributed by atoms with Gasteiger partial charge in [-0.25, -0.2) is 0 Å². The van der Waals surface area contributed by atoms with Crippen molar-refractivity contribution in [3.05, 3.63) is 5.01 Å². The number of anilines is 1. The van der Waals surface area contributed by atoms with Gasteiger partial charge >= 0.3 is 0 Å². The van der Waals surface area contributed by atoms with Crippen LogP contribution in [0.15, 0.2) is 0 Å². The van der Waals surface area contributed by atoms with E-state index in [1.54, 1.807) is 11.3 Å². The Hall–Kier alpha value is -0.640. The Labute approximate surface area is 88.7 Å². The molecule has 0 radical (unpaired) electrons. The zero-order valence-corrected chi connectivity index (χ0v) is 9.22. The maximum Gasteiger partial charge on any atom is 0.203 e. The van der Waals surface area contributed by atoms with Crippen molar-refractivity contribution in [2.24, 2.45) is 0 Å². The van der Waals surface area contributed by atoms with Crippen LogP contribution in [0, 0.1) is 0 Å². The maximum absolute atomic E-state index is 5.60. The van der Waals surface area contributed by atoms with Gasteiger partial charge in [0.2, 0.25) is 5.13 Å². The summed E-state index contributed by atoms with van der Waals surface area (Å²) in [5.41, 5.74) is 5.60. The average Bonchev–Trinajstić information content (AvgIpc) is 2.51. The molecule has 0 bridgehead atoms. The lowest BCUT2D eigenvalue weighted by molar-refractivity contribution is 0.453. The summed E-state index contributed by atoms with van der Waals surface area (Å²) < 4.78 is 0. The molecule has 78 valence electrons. The van der Waals surface area contributed by atoms with E-state index in [2.05, 4.69) is 10.2 Å². The summed E-state index contributed by atoms with van der Waals surface area (Å²) in [4.78, 5) is 0. The summed E-state index contributed by atoms with van der Waals surface area (Å²) >= 11 is 1.57. The minimum Gasteiger partial charge on any atom is -0.374 e. The number of nitrogen functional groups attached to an aromatic ring is 1. The molecule has 1 fully saturated rings. The van der Waals surface area contributed by atoms with Crippen LogP contribution in [-0.4, -0.2) is 10.2 Å². The molecule has 1 aromatic heterocycles. The van der Waals surface area contributed by atoms with Crippen LogP contribution in [0.1, 0.15) is 55.9 Å². The van der Waals surface area contributed by atoms with Gasteiger partial charge < -0.3 is 5.73 Å². The van der Waals surface area contributed by atoms with Crippen LogP contribution < -0.4 is 5.73 Å². The predicted octanol–water partition coefficient (Wildman–Crippen LogP) is 2.95. The van der Waals surface area contributed by atoms with E-state index in [-0.39, 0.29) is 0 Å². The van der Waals surface area contributed by atoms with Gasteiger partial charge in [0.15, 0.2) is 0 Å². The van der Waals surface area contributed by atoms with Gasteiger partial charge in [-0.1, -0.05) is 43.4 Å². The highest BCUT2D eigenvalue weighted by Crippen LogP contribution is 2.32. The molecule has 0 aliphatic heterocycles. The third-order valence-corrected chi connectivity index (χ3v) is 3.83. The molecular weight excluding hydrogens is 194 g/mol. The second-order valence-electron chi connectivity index (χ2n) is 4.02. The van der Waals surface area contributed by atoms with E-state index in [0.717, 1.165) is 5.01 Å². The molecule has 1 saturated carbocycles. The summed E-state index contributed by atoms with van der Waals surface area (Å²) in [5.74, 6) is 0.630. The minimum absolute atomic E-state index is 0.613. The molecule has 0 spiro atoms. The standard InChI is InChI=1S/C10H17N3S/c11-10-13-12-9(14-10)8-6-4-2-1-3-5-7-8/h8H,1-7H2,(H2,11,13). The van der Waals surface area contributed by atoms with Crippen LogP contribution in [0.5, 0.6) is 0 Å². The molecule has 1 aliphatic carbocycles. The summed E-state index contributed by atoms with van der Waals surface area (Å²) in [5, 5.41) is 9.82. The molecule has 1 heterocycles. The number of hydrogen-bond donors (Lipinski definition) is 1. The van der Waals surface area contributed by atoms with E-state index in [0.29, 0.717) is 11.0 Å². The topological polar surface area (TPSA) is 51.8 Å². The molecule has 0 atom stereocenters. The molecular formula is C10H17N3S. The molecule has 0 aromatic carbocycles. The molecule has 1 aliphatic rings. The summed E-state index contributed by atoms with van der Waals surface area (Å²) in [6.07, 6.45) is 9.39. The van der Waals surface area contributed by atoms with Gasteiger partial charge in [-0.2, -0.15) is 0 Å². The van der Waals surface area contributed by atoms with Crippen molar-refractivity contribution in [2.75, 3.05) is 5.73 Å². The Morgan fingerprint density at radius 3 is 2.21 bits per heavy atom. The van der Waals surface area contributed by atoms with Crippen molar-refractivity contribution < 1.29 is 0 Å². The first-order valence-electron chi connectivity index (χ1n) is 5.45. The Kier molecular flexibility index (Phi) is 3.35. The van der Waals surface area contributed by atoms with E-state index in [9.17, 15) is 0 Å². The van der Waals surface area contributed by atoms with Crippen molar-refractivity contribution in [3.63, 3.8) is 0 Å². The van der Waals surface area contributed by atoms with Gasteiger partial charge in [-0.05, 0) is 12.8 Å². The fourth-order valence-corrected chi connectivity index (χ4v) is 2.89. The first kappa shape index (κ1) is 9.90. The highest BCUT2D eigenvalue weighted by atomic mass is 32.1. The van der Waals surface area contributed by atoms with Crippen LogP contribution in [0.2, 0.25) is 0 Å². The van der Waals surface area contributed by atoms with Gasteiger partial charge in [-0.3, -0.25) is 0 Å². The van der Waals surface area contributed by atoms with Crippen molar-refractivity contribution in [3.8, 4) is 0 Å². The number of rotatable bonds is 1. The van der Waals surface area contributed by atoms with Gasteiger partial charge in [0.05, 0.1) is 0 Å². The highest BCUT2D eigenvalue weighted by Gasteiger charge is 2.17. The molecule has 1 aromatic rings. The number of aromatic nitrogens is 2. The van der Waals surface area contributed by atoms with Gasteiger partial charge in [0, 0.05) is 5.92 Å². The zero-order valence-electron chi connectivity index (χ0n) is 8.41. The third-order valence-electron chi connectivity index (χ3n) is 2.91. The predicted molar refractivity (Wildman–Crippen MR) is 59.4 cm³/mol. The maximum atomic E-state index is 5.60. The van der Waals surface area contributed by atoms with Crippen molar-refractivity contribution in [1.82, 2.24) is 10.2 Å². The van der Waals surface area contributed by atoms with Crippen molar-refractivity contribution >= 4 is 16.5 Å². The summed E-state index contributed by atoms with van der Waals surface area (Å²) in [6, 6.07) is 0. The number of nitrogens with zero attached hydrogens (tertiary/aromatic N) is 2. The van der Waals surface area contributed by atoms with Crippen LogP contribution in [-0.2, 0) is 0 Å². The van der Waals surface area contributed by atoms with Crippen molar-refractivity contribution in [2.45, 2.75) is 50.9 Å². The quantitative estimate of drug-likeness (QED) is 0.777. The highest BCUT2D eigenvalue weighted by molar-refractivity contribution is 7.15. The normalized spacial score (nSPS) is 20.3.